The Morgan fingerprint density at radius 1 is 1.21 bits per heavy atom. The highest BCUT2D eigenvalue weighted by atomic mass is 32.2. The van der Waals surface area contributed by atoms with E-state index in [4.69, 9.17) is 5.11 Å². The van der Waals surface area contributed by atoms with Crippen LogP contribution in [-0.4, -0.2) is 24.5 Å². The fourth-order valence-corrected chi connectivity index (χ4v) is 2.51. The molecule has 2 rings (SSSR count). The lowest BCUT2D eigenvalue weighted by atomic mass is 10.2. The molecule has 6 nitrogen and oxygen atoms in total. The van der Waals surface area contributed by atoms with E-state index in [0.717, 1.165) is 12.1 Å². The summed E-state index contributed by atoms with van der Waals surface area (Å²) in [7, 11) is -4.02. The highest BCUT2D eigenvalue weighted by Gasteiger charge is 2.36. The van der Waals surface area contributed by atoms with Crippen molar-refractivity contribution in [3.63, 3.8) is 0 Å². The molecule has 7 heteroatoms. The first-order valence-electron chi connectivity index (χ1n) is 3.55. The zero-order valence-corrected chi connectivity index (χ0v) is 7.50. The number of hydrogen-bond acceptors (Lipinski definition) is 5. The molecular formula is C7H5NO5S. The van der Waals surface area contributed by atoms with Gasteiger partial charge in [0.25, 0.3) is 15.9 Å². The van der Waals surface area contributed by atoms with Crippen LogP contribution in [0.15, 0.2) is 17.0 Å². The van der Waals surface area contributed by atoms with Gasteiger partial charge in [-0.15, -0.1) is 0 Å². The summed E-state index contributed by atoms with van der Waals surface area (Å²) in [5.74, 6) is -2.19. The maximum absolute atomic E-state index is 11.2. The lowest BCUT2D eigenvalue weighted by molar-refractivity contribution is 0.0984. The van der Waals surface area contributed by atoms with E-state index in [9.17, 15) is 18.3 Å². The van der Waals surface area contributed by atoms with E-state index in [2.05, 4.69) is 0 Å². The van der Waals surface area contributed by atoms with Gasteiger partial charge in [-0.05, 0) is 12.1 Å². The van der Waals surface area contributed by atoms with E-state index in [-0.39, 0.29) is 5.56 Å². The fraction of sp³-hybridized carbons (Fsp3) is 0. The Balaban J connectivity index is 2.91. The maximum Gasteiger partial charge on any atom is 0.268 e. The monoisotopic (exact) mass is 215 g/mol. The summed E-state index contributed by atoms with van der Waals surface area (Å²) in [6.45, 7) is 0. The minimum absolute atomic E-state index is 0.166. The number of hydrogen-bond donors (Lipinski definition) is 3. The Morgan fingerprint density at radius 2 is 1.86 bits per heavy atom. The number of aromatic hydroxyl groups is 2. The molecule has 0 unspecified atom stereocenters. The van der Waals surface area contributed by atoms with Gasteiger partial charge in [0.15, 0.2) is 11.5 Å². The zero-order valence-electron chi connectivity index (χ0n) is 6.68. The Morgan fingerprint density at radius 3 is 2.50 bits per heavy atom. The highest BCUT2D eigenvalue weighted by molar-refractivity contribution is 7.90. The molecule has 0 fully saturated rings. The van der Waals surface area contributed by atoms with Crippen LogP contribution >= 0.6 is 0 Å². The SMILES string of the molecule is O=C1NS(=O)(=O)c2c1ccc(O)c2O. The van der Waals surface area contributed by atoms with Crippen molar-refractivity contribution in [3.8, 4) is 11.5 Å². The normalized spacial score (nSPS) is 17.6. The highest BCUT2D eigenvalue weighted by Crippen LogP contribution is 2.37. The van der Waals surface area contributed by atoms with E-state index >= 15 is 0 Å². The van der Waals surface area contributed by atoms with Gasteiger partial charge >= 0.3 is 0 Å². The number of carbonyl (C=O) groups is 1. The van der Waals surface area contributed by atoms with Crippen molar-refractivity contribution >= 4 is 15.9 Å². The molecule has 1 aromatic carbocycles. The molecule has 1 aromatic rings. The number of amides is 1. The average molecular weight is 215 g/mol. The molecule has 1 aliphatic rings. The number of fused-ring (bicyclic) bond motifs is 1. The quantitative estimate of drug-likeness (QED) is 0.507. The topological polar surface area (TPSA) is 104 Å². The second-order valence-electron chi connectivity index (χ2n) is 2.74. The zero-order chi connectivity index (χ0) is 10.5. The van der Waals surface area contributed by atoms with Crippen LogP contribution in [-0.2, 0) is 10.0 Å². The number of nitrogens with one attached hydrogen (secondary N) is 1. The van der Waals surface area contributed by atoms with Crippen molar-refractivity contribution in [1.29, 1.82) is 0 Å². The first kappa shape index (κ1) is 8.82. The first-order chi connectivity index (χ1) is 6.43. The van der Waals surface area contributed by atoms with E-state index in [0.29, 0.717) is 0 Å². The number of benzene rings is 1. The number of carbonyl (C=O) groups excluding carboxylic acids is 1. The molecule has 1 amide bonds. The van der Waals surface area contributed by atoms with Crippen molar-refractivity contribution in [2.45, 2.75) is 4.90 Å². The van der Waals surface area contributed by atoms with Gasteiger partial charge in [-0.1, -0.05) is 0 Å². The molecule has 1 heterocycles. The van der Waals surface area contributed by atoms with Crippen LogP contribution in [0.4, 0.5) is 0 Å². The summed E-state index contributed by atoms with van der Waals surface area (Å²) in [5.41, 5.74) is -0.166. The van der Waals surface area contributed by atoms with E-state index in [1.54, 1.807) is 4.72 Å². The third-order valence-corrected chi connectivity index (χ3v) is 3.26. The van der Waals surface area contributed by atoms with Crippen molar-refractivity contribution in [1.82, 2.24) is 4.72 Å². The van der Waals surface area contributed by atoms with Crippen LogP contribution in [0.1, 0.15) is 10.4 Å². The predicted octanol–water partition coefficient (Wildman–Crippen LogP) is -0.470. The van der Waals surface area contributed by atoms with Crippen LogP contribution < -0.4 is 4.72 Å². The van der Waals surface area contributed by atoms with Crippen LogP contribution in [0, 0.1) is 0 Å². The van der Waals surface area contributed by atoms with Crippen molar-refractivity contribution in [2.24, 2.45) is 0 Å². The molecule has 0 saturated carbocycles. The standard InChI is InChI=1S/C7H5NO5S/c9-4-2-1-3-6(5(4)10)14(12,13)8-7(3)11/h1-2,9-10H,(H,8,11). The molecule has 14 heavy (non-hydrogen) atoms. The van der Waals surface area contributed by atoms with Gasteiger partial charge in [0, 0.05) is 0 Å². The second kappa shape index (κ2) is 2.38. The molecule has 0 saturated heterocycles. The molecule has 0 atom stereocenters. The van der Waals surface area contributed by atoms with Gasteiger partial charge in [0.05, 0.1) is 5.56 Å². The molecule has 3 N–H and O–H groups in total. The van der Waals surface area contributed by atoms with E-state index < -0.39 is 32.3 Å². The molecule has 0 radical (unpaired) electrons. The molecular weight excluding hydrogens is 210 g/mol. The van der Waals surface area contributed by atoms with E-state index in [1.165, 1.54) is 0 Å². The molecule has 0 spiro atoms. The number of rotatable bonds is 0. The van der Waals surface area contributed by atoms with Crippen LogP contribution in [0.5, 0.6) is 11.5 Å². The lowest BCUT2D eigenvalue weighted by Gasteiger charge is -2.00. The number of phenolic OH excluding ortho intramolecular Hbond substituents is 2. The van der Waals surface area contributed by atoms with Crippen molar-refractivity contribution < 1.29 is 23.4 Å². The summed E-state index contributed by atoms with van der Waals surface area (Å²) >= 11 is 0. The predicted molar refractivity (Wildman–Crippen MR) is 44.4 cm³/mol. The lowest BCUT2D eigenvalue weighted by Crippen LogP contribution is -2.20. The van der Waals surface area contributed by atoms with Crippen molar-refractivity contribution in [2.75, 3.05) is 0 Å². The Labute approximate surface area is 78.9 Å². The Bertz CT molecular complexity index is 533. The van der Waals surface area contributed by atoms with E-state index in [1.807, 2.05) is 0 Å². The summed E-state index contributed by atoms with van der Waals surface area (Å²) in [6, 6.07) is 2.18. The van der Waals surface area contributed by atoms with Crippen molar-refractivity contribution in [3.05, 3.63) is 17.7 Å². The largest absolute Gasteiger partial charge is 0.504 e. The summed E-state index contributed by atoms with van der Waals surface area (Å²) in [5, 5.41) is 18.3. The third-order valence-electron chi connectivity index (χ3n) is 1.85. The van der Waals surface area contributed by atoms with Crippen LogP contribution in [0.3, 0.4) is 0 Å². The Kier molecular flexibility index (Phi) is 1.50. The first-order valence-corrected chi connectivity index (χ1v) is 5.04. The van der Waals surface area contributed by atoms with Gasteiger partial charge in [0.1, 0.15) is 4.90 Å². The smallest absolute Gasteiger partial charge is 0.268 e. The minimum Gasteiger partial charge on any atom is -0.504 e. The molecule has 0 aliphatic carbocycles. The molecule has 0 aromatic heterocycles. The Hall–Kier alpha value is -1.76. The average Bonchev–Trinajstić information content (AvgIpc) is 2.29. The van der Waals surface area contributed by atoms with Crippen LogP contribution in [0.2, 0.25) is 0 Å². The summed E-state index contributed by atoms with van der Waals surface area (Å²) in [4.78, 5) is 10.5. The van der Waals surface area contributed by atoms with Gasteiger partial charge in [0.2, 0.25) is 0 Å². The summed E-state index contributed by atoms with van der Waals surface area (Å²) in [6.07, 6.45) is 0. The van der Waals surface area contributed by atoms with Gasteiger partial charge in [-0.25, -0.2) is 13.1 Å². The second-order valence-corrected chi connectivity index (χ2v) is 4.36. The molecule has 0 bridgehead atoms. The van der Waals surface area contributed by atoms with Gasteiger partial charge in [-0.3, -0.25) is 4.79 Å². The number of sulfonamides is 1. The maximum atomic E-state index is 11.2. The third kappa shape index (κ3) is 0.956. The molecule has 1 aliphatic heterocycles. The van der Waals surface area contributed by atoms with Gasteiger partial charge in [-0.2, -0.15) is 0 Å². The number of phenols is 2. The van der Waals surface area contributed by atoms with Gasteiger partial charge < -0.3 is 10.2 Å². The fourth-order valence-electron chi connectivity index (χ4n) is 1.24. The van der Waals surface area contributed by atoms with Crippen LogP contribution in [0.25, 0.3) is 0 Å². The summed E-state index contributed by atoms with van der Waals surface area (Å²) < 4.78 is 24.2. The minimum atomic E-state index is -4.02. The molecule has 74 valence electrons.